The fourth-order valence-electron chi connectivity index (χ4n) is 4.35. The number of rotatable bonds is 4. The van der Waals surface area contributed by atoms with Crippen molar-refractivity contribution in [1.29, 1.82) is 0 Å². The molecule has 1 saturated carbocycles. The normalized spacial score (nSPS) is 18.9. The van der Waals surface area contributed by atoms with E-state index in [1.54, 1.807) is 6.20 Å². The molecular weight excluding hydrogens is 416 g/mol. The van der Waals surface area contributed by atoms with Crippen LogP contribution in [-0.4, -0.2) is 32.1 Å². The fourth-order valence-corrected chi connectivity index (χ4v) is 4.35. The van der Waals surface area contributed by atoms with Crippen LogP contribution in [0.25, 0.3) is 21.9 Å². The number of amides is 1. The smallest absolute Gasteiger partial charge is 0.419 e. The number of imidazole rings is 1. The summed E-state index contributed by atoms with van der Waals surface area (Å²) in [5.74, 6) is 0.868. The number of carbonyl (C=O) groups is 2. The van der Waals surface area contributed by atoms with Gasteiger partial charge in [-0.25, -0.2) is 9.78 Å². The fraction of sp³-hybridized carbons (Fsp3) is 0.346. The zero-order valence-corrected chi connectivity index (χ0v) is 19.3. The van der Waals surface area contributed by atoms with E-state index in [1.165, 1.54) is 4.57 Å². The number of aromatic nitrogens is 3. The molecule has 7 nitrogen and oxygen atoms in total. The summed E-state index contributed by atoms with van der Waals surface area (Å²) in [6, 6.07) is 15.3. The minimum absolute atomic E-state index is 0.00190. The van der Waals surface area contributed by atoms with E-state index in [2.05, 4.69) is 15.3 Å². The van der Waals surface area contributed by atoms with E-state index >= 15 is 0 Å². The van der Waals surface area contributed by atoms with Crippen LogP contribution in [0.4, 0.5) is 4.79 Å². The number of para-hydroxylation sites is 3. The van der Waals surface area contributed by atoms with Gasteiger partial charge in [-0.05, 0) is 52.3 Å². The van der Waals surface area contributed by atoms with Gasteiger partial charge in [0, 0.05) is 29.0 Å². The minimum Gasteiger partial charge on any atom is -0.443 e. The maximum atomic E-state index is 13.0. The zero-order valence-electron chi connectivity index (χ0n) is 19.3. The maximum Gasteiger partial charge on any atom is 0.419 e. The number of nitrogens with one attached hydrogen (secondary N) is 2. The molecule has 2 unspecified atom stereocenters. The third kappa shape index (κ3) is 4.11. The van der Waals surface area contributed by atoms with Crippen molar-refractivity contribution in [3.05, 3.63) is 66.1 Å². The number of benzene rings is 2. The van der Waals surface area contributed by atoms with Gasteiger partial charge in [-0.2, -0.15) is 0 Å². The molecular formula is C26H28N4O3. The molecule has 2 heterocycles. The lowest BCUT2D eigenvalue weighted by Gasteiger charge is -2.19. The maximum absolute atomic E-state index is 13.0. The Morgan fingerprint density at radius 1 is 1.15 bits per heavy atom. The molecule has 0 bridgehead atoms. The van der Waals surface area contributed by atoms with E-state index in [-0.39, 0.29) is 23.8 Å². The Morgan fingerprint density at radius 2 is 1.88 bits per heavy atom. The van der Waals surface area contributed by atoms with Crippen LogP contribution in [0.15, 0.2) is 54.7 Å². The third-order valence-corrected chi connectivity index (χ3v) is 6.04. The van der Waals surface area contributed by atoms with E-state index in [9.17, 15) is 9.59 Å². The Balaban J connectivity index is 1.33. The summed E-state index contributed by atoms with van der Waals surface area (Å²) in [7, 11) is 0. The number of ether oxygens (including phenoxy) is 1. The first-order valence-electron chi connectivity index (χ1n) is 11.3. The molecule has 7 heteroatoms. The summed E-state index contributed by atoms with van der Waals surface area (Å²) in [6.07, 6.45) is 2.11. The van der Waals surface area contributed by atoms with Crippen LogP contribution in [0.3, 0.4) is 0 Å². The average molecular weight is 445 g/mol. The standard InChI is InChI=1S/C26H28N4O3/c1-15(19-14-30(25(32)33-26(2,3)4)22-12-8-5-9-16(19)22)27-24(31)18-13-17(18)23-28-20-10-6-7-11-21(20)29-23/h5-12,14-15,17-18H,13H2,1-4H3,(H,27,31)(H,28,29)/t15?,17-,18?/m0/s1. The number of aromatic amines is 1. The summed E-state index contributed by atoms with van der Waals surface area (Å²) in [5, 5.41) is 4.06. The SMILES string of the molecule is CC(NC(=O)C1C[C@@H]1c1nc2ccccc2[nH]1)c1cn(C(=O)OC(C)(C)C)c2ccccc12. The van der Waals surface area contributed by atoms with Gasteiger partial charge in [-0.3, -0.25) is 9.36 Å². The van der Waals surface area contributed by atoms with Crippen LogP contribution in [0.2, 0.25) is 0 Å². The quantitative estimate of drug-likeness (QED) is 0.448. The third-order valence-electron chi connectivity index (χ3n) is 6.04. The Morgan fingerprint density at radius 3 is 2.64 bits per heavy atom. The zero-order chi connectivity index (χ0) is 23.3. The first-order valence-corrected chi connectivity index (χ1v) is 11.3. The highest BCUT2D eigenvalue weighted by atomic mass is 16.6. The second-order valence-corrected chi connectivity index (χ2v) is 9.77. The van der Waals surface area contributed by atoms with Crippen molar-refractivity contribution in [2.45, 2.75) is 51.7 Å². The molecule has 2 aromatic heterocycles. The predicted molar refractivity (Wildman–Crippen MR) is 127 cm³/mol. The number of nitrogens with zero attached hydrogens (tertiary/aromatic N) is 2. The Bertz CT molecular complexity index is 1330. The van der Waals surface area contributed by atoms with Crippen molar-refractivity contribution in [3.8, 4) is 0 Å². The summed E-state index contributed by atoms with van der Waals surface area (Å²) < 4.78 is 7.09. The second kappa shape index (κ2) is 7.76. The molecule has 5 rings (SSSR count). The molecule has 3 atom stereocenters. The van der Waals surface area contributed by atoms with Crippen molar-refractivity contribution >= 4 is 33.9 Å². The van der Waals surface area contributed by atoms with Crippen LogP contribution in [0.5, 0.6) is 0 Å². The lowest BCUT2D eigenvalue weighted by Crippen LogP contribution is -2.28. The van der Waals surface area contributed by atoms with Gasteiger partial charge in [0.25, 0.3) is 0 Å². The number of fused-ring (bicyclic) bond motifs is 2. The van der Waals surface area contributed by atoms with Crippen molar-refractivity contribution < 1.29 is 14.3 Å². The lowest BCUT2D eigenvalue weighted by molar-refractivity contribution is -0.123. The summed E-state index contributed by atoms with van der Waals surface area (Å²) in [6.45, 7) is 7.47. The highest BCUT2D eigenvalue weighted by Crippen LogP contribution is 2.47. The van der Waals surface area contributed by atoms with E-state index in [0.717, 1.165) is 39.7 Å². The Kier molecular flexibility index (Phi) is 5.00. The van der Waals surface area contributed by atoms with Crippen molar-refractivity contribution in [2.75, 3.05) is 0 Å². The monoisotopic (exact) mass is 444 g/mol. The highest BCUT2D eigenvalue weighted by Gasteiger charge is 2.46. The minimum atomic E-state index is -0.597. The van der Waals surface area contributed by atoms with Gasteiger partial charge < -0.3 is 15.0 Å². The van der Waals surface area contributed by atoms with Crippen molar-refractivity contribution in [3.63, 3.8) is 0 Å². The van der Waals surface area contributed by atoms with Crippen LogP contribution >= 0.6 is 0 Å². The molecule has 170 valence electrons. The van der Waals surface area contributed by atoms with Crippen molar-refractivity contribution in [1.82, 2.24) is 19.9 Å². The molecule has 0 radical (unpaired) electrons. The predicted octanol–water partition coefficient (Wildman–Crippen LogP) is 5.28. The van der Waals surface area contributed by atoms with E-state index in [0.29, 0.717) is 0 Å². The number of hydrogen-bond donors (Lipinski definition) is 2. The van der Waals surface area contributed by atoms with Gasteiger partial charge in [0.1, 0.15) is 11.4 Å². The van der Waals surface area contributed by atoms with E-state index in [4.69, 9.17) is 4.74 Å². The summed E-state index contributed by atoms with van der Waals surface area (Å²) in [4.78, 5) is 33.8. The molecule has 1 aliphatic rings. The van der Waals surface area contributed by atoms with Crippen molar-refractivity contribution in [2.24, 2.45) is 5.92 Å². The molecule has 0 spiro atoms. The molecule has 1 fully saturated rings. The second-order valence-electron chi connectivity index (χ2n) is 9.77. The summed E-state index contributed by atoms with van der Waals surface area (Å²) >= 11 is 0. The Hall–Kier alpha value is -3.61. The van der Waals surface area contributed by atoms with Gasteiger partial charge in [0.15, 0.2) is 0 Å². The Labute approximate surface area is 192 Å². The van der Waals surface area contributed by atoms with Gasteiger partial charge >= 0.3 is 6.09 Å². The van der Waals surface area contributed by atoms with Crippen LogP contribution < -0.4 is 5.32 Å². The molecule has 33 heavy (non-hydrogen) atoms. The number of hydrogen-bond acceptors (Lipinski definition) is 4. The van der Waals surface area contributed by atoms with Gasteiger partial charge in [0.2, 0.25) is 5.91 Å². The molecule has 4 aromatic rings. The summed E-state index contributed by atoms with van der Waals surface area (Å²) in [5.41, 5.74) is 2.95. The largest absolute Gasteiger partial charge is 0.443 e. The van der Waals surface area contributed by atoms with Crippen LogP contribution in [0.1, 0.15) is 57.5 Å². The molecule has 1 amide bonds. The van der Waals surface area contributed by atoms with Gasteiger partial charge in [0.05, 0.1) is 22.6 Å². The van der Waals surface area contributed by atoms with Gasteiger partial charge in [-0.15, -0.1) is 0 Å². The first kappa shape index (κ1) is 21.2. The lowest BCUT2D eigenvalue weighted by atomic mass is 10.1. The molecule has 2 aromatic carbocycles. The average Bonchev–Trinajstić information content (AvgIpc) is 3.29. The molecule has 1 aliphatic carbocycles. The van der Waals surface area contributed by atoms with Gasteiger partial charge in [-0.1, -0.05) is 30.3 Å². The number of H-pyrrole nitrogens is 1. The molecule has 0 saturated heterocycles. The van der Waals surface area contributed by atoms with E-state index in [1.807, 2.05) is 76.2 Å². The van der Waals surface area contributed by atoms with E-state index < -0.39 is 11.7 Å². The van der Waals surface area contributed by atoms with Crippen LogP contribution in [0, 0.1) is 5.92 Å². The molecule has 2 N–H and O–H groups in total. The first-order chi connectivity index (χ1) is 15.7. The topological polar surface area (TPSA) is 89.0 Å². The highest BCUT2D eigenvalue weighted by molar-refractivity contribution is 5.93. The number of carbonyl (C=O) groups excluding carboxylic acids is 2. The van der Waals surface area contributed by atoms with Crippen LogP contribution in [-0.2, 0) is 9.53 Å². The molecule has 0 aliphatic heterocycles.